The van der Waals surface area contributed by atoms with Crippen molar-refractivity contribution < 1.29 is 0 Å². The van der Waals surface area contributed by atoms with Gasteiger partial charge >= 0.3 is 0 Å². The molecule has 0 atom stereocenters. The summed E-state index contributed by atoms with van der Waals surface area (Å²) >= 11 is 12.2. The number of nitrogens with zero attached hydrogens (tertiary/aromatic N) is 4. The predicted molar refractivity (Wildman–Crippen MR) is 83.2 cm³/mol. The second-order valence-corrected chi connectivity index (χ2v) is 5.27. The first-order valence-corrected chi connectivity index (χ1v) is 6.96. The first kappa shape index (κ1) is 13.9. The summed E-state index contributed by atoms with van der Waals surface area (Å²) in [6.07, 6.45) is 0. The molecule has 7 heteroatoms. The van der Waals surface area contributed by atoms with Gasteiger partial charge in [0.25, 0.3) is 0 Å². The zero-order valence-corrected chi connectivity index (χ0v) is 12.4. The van der Waals surface area contributed by atoms with E-state index in [2.05, 4.69) is 15.5 Å². The summed E-state index contributed by atoms with van der Waals surface area (Å²) in [5, 5.41) is 12.9. The third-order valence-electron chi connectivity index (χ3n) is 3.10. The SMILES string of the molecule is Nc1c(Cl)cccc1-c1nnnn1Cc1ccccc1Cl. The van der Waals surface area contributed by atoms with Gasteiger partial charge in [-0.3, -0.25) is 0 Å². The number of halogens is 2. The first-order valence-electron chi connectivity index (χ1n) is 6.21. The highest BCUT2D eigenvalue weighted by Crippen LogP contribution is 2.30. The highest BCUT2D eigenvalue weighted by molar-refractivity contribution is 6.33. The minimum absolute atomic E-state index is 0.452. The van der Waals surface area contributed by atoms with Gasteiger partial charge < -0.3 is 5.73 Å². The Morgan fingerprint density at radius 1 is 1.00 bits per heavy atom. The lowest BCUT2D eigenvalue weighted by molar-refractivity contribution is 0.653. The maximum Gasteiger partial charge on any atom is 0.184 e. The Morgan fingerprint density at radius 3 is 2.57 bits per heavy atom. The van der Waals surface area contributed by atoms with Crippen molar-refractivity contribution >= 4 is 28.9 Å². The molecular formula is C14H11Cl2N5. The zero-order chi connectivity index (χ0) is 14.8. The zero-order valence-electron chi connectivity index (χ0n) is 10.9. The fourth-order valence-corrected chi connectivity index (χ4v) is 2.39. The molecule has 5 nitrogen and oxygen atoms in total. The number of anilines is 1. The van der Waals surface area contributed by atoms with Crippen LogP contribution in [0.3, 0.4) is 0 Å². The van der Waals surface area contributed by atoms with E-state index >= 15 is 0 Å². The van der Waals surface area contributed by atoms with Crippen LogP contribution in [-0.2, 0) is 6.54 Å². The minimum atomic E-state index is 0.452. The number of para-hydroxylation sites is 1. The van der Waals surface area contributed by atoms with Crippen molar-refractivity contribution in [3.63, 3.8) is 0 Å². The summed E-state index contributed by atoms with van der Waals surface area (Å²) in [4.78, 5) is 0. The lowest BCUT2D eigenvalue weighted by Crippen LogP contribution is -2.06. The number of hydrogen-bond acceptors (Lipinski definition) is 4. The lowest BCUT2D eigenvalue weighted by atomic mass is 10.1. The number of tetrazole rings is 1. The Labute approximate surface area is 131 Å². The third-order valence-corrected chi connectivity index (χ3v) is 3.80. The van der Waals surface area contributed by atoms with Gasteiger partial charge in [-0.15, -0.1) is 5.10 Å². The summed E-state index contributed by atoms with van der Waals surface area (Å²) in [5.41, 5.74) is 8.07. The molecule has 0 aliphatic carbocycles. The van der Waals surface area contributed by atoms with E-state index in [4.69, 9.17) is 28.9 Å². The van der Waals surface area contributed by atoms with E-state index in [0.717, 1.165) is 5.56 Å². The van der Waals surface area contributed by atoms with Crippen molar-refractivity contribution in [2.24, 2.45) is 0 Å². The Hall–Kier alpha value is -2.11. The molecule has 3 rings (SSSR count). The van der Waals surface area contributed by atoms with Gasteiger partial charge in [-0.25, -0.2) is 4.68 Å². The van der Waals surface area contributed by atoms with E-state index in [1.807, 2.05) is 36.4 Å². The van der Waals surface area contributed by atoms with Crippen LogP contribution in [0.5, 0.6) is 0 Å². The number of nitrogen functional groups attached to an aromatic ring is 1. The fraction of sp³-hybridized carbons (Fsp3) is 0.0714. The van der Waals surface area contributed by atoms with Crippen molar-refractivity contribution in [1.29, 1.82) is 0 Å². The van der Waals surface area contributed by atoms with Crippen molar-refractivity contribution in [1.82, 2.24) is 20.2 Å². The van der Waals surface area contributed by atoms with Crippen LogP contribution in [0.15, 0.2) is 42.5 Å². The Bertz CT molecular complexity index is 785. The lowest BCUT2D eigenvalue weighted by Gasteiger charge is -2.09. The predicted octanol–water partition coefficient (Wildman–Crippen LogP) is 3.28. The molecule has 0 amide bonds. The Kier molecular flexibility index (Phi) is 3.77. The molecule has 3 aromatic rings. The number of nitrogens with two attached hydrogens (primary N) is 1. The minimum Gasteiger partial charge on any atom is -0.397 e. The molecule has 0 aliphatic rings. The van der Waals surface area contributed by atoms with Gasteiger partial charge in [0.1, 0.15) is 0 Å². The molecular weight excluding hydrogens is 309 g/mol. The van der Waals surface area contributed by atoms with Crippen LogP contribution in [0.4, 0.5) is 5.69 Å². The smallest absolute Gasteiger partial charge is 0.184 e. The normalized spacial score (nSPS) is 10.8. The van der Waals surface area contributed by atoms with Crippen LogP contribution < -0.4 is 5.73 Å². The Morgan fingerprint density at radius 2 is 1.76 bits per heavy atom. The van der Waals surface area contributed by atoms with Gasteiger partial charge in [0.2, 0.25) is 0 Å². The van der Waals surface area contributed by atoms with Gasteiger partial charge in [-0.05, 0) is 34.2 Å². The number of benzene rings is 2. The molecule has 0 aliphatic heterocycles. The second kappa shape index (κ2) is 5.71. The number of hydrogen-bond donors (Lipinski definition) is 1. The molecule has 0 unspecified atom stereocenters. The quantitative estimate of drug-likeness (QED) is 0.752. The van der Waals surface area contributed by atoms with Crippen LogP contribution in [0, 0.1) is 0 Å². The van der Waals surface area contributed by atoms with Gasteiger partial charge in [-0.2, -0.15) is 0 Å². The van der Waals surface area contributed by atoms with E-state index in [1.165, 1.54) is 0 Å². The average Bonchev–Trinajstić information content (AvgIpc) is 2.92. The third kappa shape index (κ3) is 2.70. The maximum atomic E-state index is 6.17. The first-order chi connectivity index (χ1) is 10.2. The molecule has 0 saturated carbocycles. The monoisotopic (exact) mass is 319 g/mol. The van der Waals surface area contributed by atoms with E-state index in [0.29, 0.717) is 33.7 Å². The van der Waals surface area contributed by atoms with Crippen LogP contribution >= 0.6 is 23.2 Å². The summed E-state index contributed by atoms with van der Waals surface area (Å²) in [6, 6.07) is 12.9. The van der Waals surface area contributed by atoms with Crippen LogP contribution in [0.2, 0.25) is 10.0 Å². The van der Waals surface area contributed by atoms with Gasteiger partial charge in [0, 0.05) is 10.6 Å². The molecule has 0 spiro atoms. The maximum absolute atomic E-state index is 6.17. The molecule has 0 saturated heterocycles. The average molecular weight is 320 g/mol. The number of aromatic nitrogens is 4. The van der Waals surface area contributed by atoms with Crippen molar-refractivity contribution in [2.75, 3.05) is 5.73 Å². The molecule has 2 N–H and O–H groups in total. The highest BCUT2D eigenvalue weighted by Gasteiger charge is 2.14. The van der Waals surface area contributed by atoms with Crippen LogP contribution in [-0.4, -0.2) is 20.2 Å². The molecule has 21 heavy (non-hydrogen) atoms. The van der Waals surface area contributed by atoms with Crippen molar-refractivity contribution in [2.45, 2.75) is 6.54 Å². The molecule has 0 bridgehead atoms. The van der Waals surface area contributed by atoms with Crippen LogP contribution in [0.25, 0.3) is 11.4 Å². The van der Waals surface area contributed by atoms with E-state index < -0.39 is 0 Å². The number of rotatable bonds is 3. The molecule has 0 fully saturated rings. The largest absolute Gasteiger partial charge is 0.397 e. The second-order valence-electron chi connectivity index (χ2n) is 4.45. The van der Waals surface area contributed by atoms with Crippen molar-refractivity contribution in [3.8, 4) is 11.4 Å². The van der Waals surface area contributed by atoms with Gasteiger partial charge in [0.15, 0.2) is 5.82 Å². The molecule has 0 radical (unpaired) electrons. The summed E-state index contributed by atoms with van der Waals surface area (Å²) in [6.45, 7) is 0.452. The summed E-state index contributed by atoms with van der Waals surface area (Å²) < 4.78 is 1.64. The topological polar surface area (TPSA) is 69.6 Å². The standard InChI is InChI=1S/C14H11Cl2N5/c15-11-6-2-1-4-9(11)8-21-14(18-19-20-21)10-5-3-7-12(16)13(10)17/h1-7H,8,17H2. The fourth-order valence-electron chi connectivity index (χ4n) is 2.02. The van der Waals surface area contributed by atoms with Gasteiger partial charge in [-0.1, -0.05) is 47.5 Å². The molecule has 2 aromatic carbocycles. The van der Waals surface area contributed by atoms with Crippen molar-refractivity contribution in [3.05, 3.63) is 58.1 Å². The highest BCUT2D eigenvalue weighted by atomic mass is 35.5. The van der Waals surface area contributed by atoms with E-state index in [1.54, 1.807) is 10.7 Å². The van der Waals surface area contributed by atoms with E-state index in [-0.39, 0.29) is 0 Å². The Balaban J connectivity index is 2.02. The van der Waals surface area contributed by atoms with Gasteiger partial charge in [0.05, 0.1) is 17.3 Å². The summed E-state index contributed by atoms with van der Waals surface area (Å²) in [5.74, 6) is 0.551. The molecule has 106 valence electrons. The van der Waals surface area contributed by atoms with E-state index in [9.17, 15) is 0 Å². The van der Waals surface area contributed by atoms with Crippen LogP contribution in [0.1, 0.15) is 5.56 Å². The molecule has 1 aromatic heterocycles. The molecule has 1 heterocycles. The summed E-state index contributed by atoms with van der Waals surface area (Å²) in [7, 11) is 0.